The van der Waals surface area contributed by atoms with E-state index >= 15 is 0 Å². The van der Waals surface area contributed by atoms with Crippen molar-refractivity contribution in [2.75, 3.05) is 7.11 Å². The van der Waals surface area contributed by atoms with Crippen LogP contribution in [0.4, 0.5) is 0 Å². The molecule has 0 radical (unpaired) electrons. The van der Waals surface area contributed by atoms with Crippen molar-refractivity contribution in [2.24, 2.45) is 0 Å². The zero-order chi connectivity index (χ0) is 18.7. The van der Waals surface area contributed by atoms with E-state index in [9.17, 15) is 0 Å². The Morgan fingerprint density at radius 3 is 2.42 bits per heavy atom. The number of methoxy groups -OCH3 is 1. The number of hydrogen-bond acceptors (Lipinski definition) is 4. The van der Waals surface area contributed by atoms with Crippen molar-refractivity contribution in [1.82, 2.24) is 14.8 Å². The number of ether oxygens (including phenoxy) is 1. The SMILES string of the molecule is COc1ccc(-c2nnc(SCc3ccc(Cl)cc3Cl)n2C(C)C)cc1. The van der Waals surface area contributed by atoms with Gasteiger partial charge in [0.1, 0.15) is 5.75 Å². The molecule has 0 amide bonds. The van der Waals surface area contributed by atoms with E-state index in [1.54, 1.807) is 24.9 Å². The van der Waals surface area contributed by atoms with Gasteiger partial charge in [0, 0.05) is 27.4 Å². The van der Waals surface area contributed by atoms with Gasteiger partial charge in [-0.25, -0.2) is 0 Å². The summed E-state index contributed by atoms with van der Waals surface area (Å²) in [5.74, 6) is 2.35. The number of thioether (sulfide) groups is 1. The average molecular weight is 408 g/mol. The number of aromatic nitrogens is 3. The van der Waals surface area contributed by atoms with E-state index in [2.05, 4.69) is 28.6 Å². The van der Waals surface area contributed by atoms with Crippen LogP contribution in [0.2, 0.25) is 10.0 Å². The molecule has 0 aliphatic rings. The summed E-state index contributed by atoms with van der Waals surface area (Å²) in [4.78, 5) is 0. The lowest BCUT2D eigenvalue weighted by Crippen LogP contribution is -2.05. The number of hydrogen-bond donors (Lipinski definition) is 0. The molecule has 0 bridgehead atoms. The summed E-state index contributed by atoms with van der Waals surface area (Å²) in [7, 11) is 1.66. The average Bonchev–Trinajstić information content (AvgIpc) is 3.05. The lowest BCUT2D eigenvalue weighted by molar-refractivity contribution is 0.415. The van der Waals surface area contributed by atoms with Gasteiger partial charge in [0.15, 0.2) is 11.0 Å². The summed E-state index contributed by atoms with van der Waals surface area (Å²) in [6, 6.07) is 13.6. The minimum atomic E-state index is 0.227. The highest BCUT2D eigenvalue weighted by Gasteiger charge is 2.17. The second kappa shape index (κ2) is 8.33. The number of nitrogens with zero attached hydrogens (tertiary/aromatic N) is 3. The molecular weight excluding hydrogens is 389 g/mol. The Bertz CT molecular complexity index is 894. The summed E-state index contributed by atoms with van der Waals surface area (Å²) in [6.07, 6.45) is 0. The van der Waals surface area contributed by atoms with Crippen LogP contribution in [0, 0.1) is 0 Å². The molecule has 3 aromatic rings. The third-order valence-corrected chi connectivity index (χ3v) is 5.48. The molecule has 0 atom stereocenters. The van der Waals surface area contributed by atoms with Gasteiger partial charge in [-0.1, -0.05) is 41.0 Å². The summed E-state index contributed by atoms with van der Waals surface area (Å²) >= 11 is 13.9. The second-order valence-electron chi connectivity index (χ2n) is 6.02. The molecule has 0 N–H and O–H groups in total. The van der Waals surface area contributed by atoms with Crippen LogP contribution in [0.1, 0.15) is 25.5 Å². The van der Waals surface area contributed by atoms with Crippen LogP contribution in [0.25, 0.3) is 11.4 Å². The molecule has 0 saturated carbocycles. The zero-order valence-electron chi connectivity index (χ0n) is 14.7. The molecule has 0 fully saturated rings. The molecule has 26 heavy (non-hydrogen) atoms. The fourth-order valence-corrected chi connectivity index (χ4v) is 4.18. The van der Waals surface area contributed by atoms with Crippen molar-refractivity contribution < 1.29 is 4.74 Å². The topological polar surface area (TPSA) is 39.9 Å². The molecule has 0 aliphatic carbocycles. The first-order valence-electron chi connectivity index (χ1n) is 8.15. The third kappa shape index (κ3) is 4.17. The third-order valence-electron chi connectivity index (χ3n) is 3.90. The molecule has 4 nitrogen and oxygen atoms in total. The highest BCUT2D eigenvalue weighted by Crippen LogP contribution is 2.32. The first-order chi connectivity index (χ1) is 12.5. The lowest BCUT2D eigenvalue weighted by atomic mass is 10.2. The van der Waals surface area contributed by atoms with E-state index in [0.717, 1.165) is 27.9 Å². The fourth-order valence-electron chi connectivity index (χ4n) is 2.56. The van der Waals surface area contributed by atoms with Crippen LogP contribution in [0.3, 0.4) is 0 Å². The maximum absolute atomic E-state index is 6.28. The van der Waals surface area contributed by atoms with E-state index < -0.39 is 0 Å². The van der Waals surface area contributed by atoms with Gasteiger partial charge in [-0.15, -0.1) is 10.2 Å². The highest BCUT2D eigenvalue weighted by molar-refractivity contribution is 7.98. The molecule has 0 aliphatic heterocycles. The van der Waals surface area contributed by atoms with E-state index in [1.807, 2.05) is 36.4 Å². The molecule has 7 heteroatoms. The van der Waals surface area contributed by atoms with Crippen LogP contribution < -0.4 is 4.74 Å². The molecular formula is C19H19Cl2N3OS. The Hall–Kier alpha value is -1.69. The van der Waals surface area contributed by atoms with Crippen LogP contribution >= 0.6 is 35.0 Å². The second-order valence-corrected chi connectivity index (χ2v) is 7.81. The normalized spacial score (nSPS) is 11.2. The molecule has 0 saturated heterocycles. The Morgan fingerprint density at radius 2 is 1.81 bits per heavy atom. The van der Waals surface area contributed by atoms with Gasteiger partial charge < -0.3 is 4.74 Å². The maximum Gasteiger partial charge on any atom is 0.192 e. The molecule has 136 valence electrons. The number of halogens is 2. The van der Waals surface area contributed by atoms with Gasteiger partial charge >= 0.3 is 0 Å². The molecule has 0 unspecified atom stereocenters. The number of rotatable bonds is 6. The van der Waals surface area contributed by atoms with Gasteiger partial charge in [-0.2, -0.15) is 0 Å². The quantitative estimate of drug-likeness (QED) is 0.460. The maximum atomic E-state index is 6.28. The van der Waals surface area contributed by atoms with E-state index in [4.69, 9.17) is 27.9 Å². The van der Waals surface area contributed by atoms with Crippen molar-refractivity contribution >= 4 is 35.0 Å². The Morgan fingerprint density at radius 1 is 1.08 bits per heavy atom. The first-order valence-corrected chi connectivity index (χ1v) is 9.89. The van der Waals surface area contributed by atoms with Crippen molar-refractivity contribution in [3.05, 3.63) is 58.1 Å². The summed E-state index contributed by atoms with van der Waals surface area (Å²) in [5, 5.41) is 11.0. The molecule has 1 heterocycles. The number of benzene rings is 2. The molecule has 3 rings (SSSR count). The lowest BCUT2D eigenvalue weighted by Gasteiger charge is -2.14. The Kier molecular flexibility index (Phi) is 6.12. The largest absolute Gasteiger partial charge is 0.497 e. The van der Waals surface area contributed by atoms with Crippen LogP contribution in [-0.2, 0) is 5.75 Å². The fraction of sp³-hybridized carbons (Fsp3) is 0.263. The minimum absolute atomic E-state index is 0.227. The smallest absolute Gasteiger partial charge is 0.192 e. The van der Waals surface area contributed by atoms with Gasteiger partial charge in [0.25, 0.3) is 0 Å². The monoisotopic (exact) mass is 407 g/mol. The highest BCUT2D eigenvalue weighted by atomic mass is 35.5. The van der Waals surface area contributed by atoms with Crippen LogP contribution in [0.15, 0.2) is 47.6 Å². The molecule has 2 aromatic carbocycles. The summed E-state index contributed by atoms with van der Waals surface area (Å²) in [5.41, 5.74) is 2.02. The Labute approximate surface area is 167 Å². The van der Waals surface area contributed by atoms with Crippen LogP contribution in [-0.4, -0.2) is 21.9 Å². The minimum Gasteiger partial charge on any atom is -0.497 e. The van der Waals surface area contributed by atoms with Crippen molar-refractivity contribution in [3.8, 4) is 17.1 Å². The summed E-state index contributed by atoms with van der Waals surface area (Å²) in [6.45, 7) is 4.24. The van der Waals surface area contributed by atoms with Crippen molar-refractivity contribution in [3.63, 3.8) is 0 Å². The molecule has 0 spiro atoms. The van der Waals surface area contributed by atoms with Gasteiger partial charge in [-0.3, -0.25) is 4.57 Å². The standard InChI is InChI=1S/C19H19Cl2N3OS/c1-12(2)24-18(13-5-8-16(25-3)9-6-13)22-23-19(24)26-11-14-4-7-15(20)10-17(14)21/h4-10,12H,11H2,1-3H3. The predicted octanol–water partition coefficient (Wildman–Crippen LogP) is 6.13. The van der Waals surface area contributed by atoms with Crippen LogP contribution in [0.5, 0.6) is 5.75 Å². The predicted molar refractivity (Wildman–Crippen MR) is 108 cm³/mol. The van der Waals surface area contributed by atoms with Crippen molar-refractivity contribution in [1.29, 1.82) is 0 Å². The first kappa shape index (κ1) is 19.1. The van der Waals surface area contributed by atoms with Crippen molar-refractivity contribution in [2.45, 2.75) is 30.8 Å². The Balaban J connectivity index is 1.87. The van der Waals surface area contributed by atoms with Gasteiger partial charge in [0.05, 0.1) is 7.11 Å². The molecule has 1 aromatic heterocycles. The van der Waals surface area contributed by atoms with Gasteiger partial charge in [-0.05, 0) is 55.8 Å². The van der Waals surface area contributed by atoms with E-state index in [0.29, 0.717) is 15.8 Å². The zero-order valence-corrected chi connectivity index (χ0v) is 17.1. The van der Waals surface area contributed by atoms with E-state index in [-0.39, 0.29) is 6.04 Å². The van der Waals surface area contributed by atoms with Gasteiger partial charge in [0.2, 0.25) is 0 Å². The summed E-state index contributed by atoms with van der Waals surface area (Å²) < 4.78 is 7.36. The van der Waals surface area contributed by atoms with E-state index in [1.165, 1.54) is 0 Å².